The Labute approximate surface area is 148 Å². The van der Waals surface area contributed by atoms with Gasteiger partial charge in [-0.25, -0.2) is 4.98 Å². The molecular weight excluding hydrogens is 342 g/mol. The number of carbonyl (C=O) groups is 2. The molecule has 1 aromatic heterocycles. The zero-order chi connectivity index (χ0) is 18.4. The van der Waals surface area contributed by atoms with Crippen molar-refractivity contribution in [2.45, 2.75) is 26.2 Å². The van der Waals surface area contributed by atoms with Crippen molar-refractivity contribution in [3.8, 4) is 0 Å². The van der Waals surface area contributed by atoms with Crippen molar-refractivity contribution >= 4 is 45.0 Å². The second kappa shape index (κ2) is 8.25. The van der Waals surface area contributed by atoms with Gasteiger partial charge in [0.1, 0.15) is 5.00 Å². The van der Waals surface area contributed by atoms with Crippen molar-refractivity contribution in [2.24, 2.45) is 5.73 Å². The van der Waals surface area contributed by atoms with E-state index in [-0.39, 0.29) is 31.1 Å². The number of thiazole rings is 1. The minimum absolute atomic E-state index is 0.0623. The first-order valence-corrected chi connectivity index (χ1v) is 8.38. The number of hydrogen-bond donors (Lipinski definition) is 4. The van der Waals surface area contributed by atoms with Crippen molar-refractivity contribution in [1.29, 1.82) is 5.41 Å². The number of nitrogens with zero attached hydrogens (tertiary/aromatic N) is 2. The van der Waals surface area contributed by atoms with Crippen molar-refractivity contribution in [1.82, 2.24) is 4.98 Å². The molecule has 1 amide bonds. The number of aryl methyl sites for hydroxylation is 1. The summed E-state index contributed by atoms with van der Waals surface area (Å²) >= 11 is 1.20. The first-order valence-electron chi connectivity index (χ1n) is 7.56. The van der Waals surface area contributed by atoms with Crippen LogP contribution in [0.4, 0.5) is 15.8 Å². The summed E-state index contributed by atoms with van der Waals surface area (Å²) in [5.41, 5.74) is 6.61. The van der Waals surface area contributed by atoms with Gasteiger partial charge in [-0.15, -0.1) is 0 Å². The van der Waals surface area contributed by atoms with E-state index in [9.17, 15) is 9.59 Å². The van der Waals surface area contributed by atoms with Gasteiger partial charge in [-0.05, 0) is 25.5 Å². The Morgan fingerprint density at radius 3 is 2.60 bits per heavy atom. The van der Waals surface area contributed by atoms with E-state index >= 15 is 0 Å². The van der Waals surface area contributed by atoms with Crippen LogP contribution in [0.25, 0.3) is 0 Å². The lowest BCUT2D eigenvalue weighted by atomic mass is 10.2. The lowest BCUT2D eigenvalue weighted by Gasteiger charge is -2.21. The number of carboxylic acids is 1. The molecule has 1 aromatic carbocycles. The molecule has 8 nitrogen and oxygen atoms in total. The molecule has 0 unspecified atom stereocenters. The third-order valence-corrected chi connectivity index (χ3v) is 4.32. The van der Waals surface area contributed by atoms with E-state index in [4.69, 9.17) is 16.2 Å². The van der Waals surface area contributed by atoms with Gasteiger partial charge in [-0.3, -0.25) is 19.9 Å². The molecule has 25 heavy (non-hydrogen) atoms. The van der Waals surface area contributed by atoms with Crippen LogP contribution in [-0.4, -0.2) is 27.9 Å². The number of carbonyl (C=O) groups excluding carboxylic acids is 1. The zero-order valence-corrected chi connectivity index (χ0v) is 14.5. The van der Waals surface area contributed by atoms with Gasteiger partial charge in [0.2, 0.25) is 5.91 Å². The summed E-state index contributed by atoms with van der Waals surface area (Å²) in [6.45, 7) is 1.76. The maximum Gasteiger partial charge on any atom is 0.303 e. The monoisotopic (exact) mass is 361 g/mol. The Bertz CT molecular complexity index is 775. The van der Waals surface area contributed by atoms with Gasteiger partial charge in [0.05, 0.1) is 5.69 Å². The summed E-state index contributed by atoms with van der Waals surface area (Å²) in [4.78, 5) is 29.2. The van der Waals surface area contributed by atoms with E-state index in [0.717, 1.165) is 0 Å². The molecule has 5 N–H and O–H groups in total. The van der Waals surface area contributed by atoms with E-state index in [1.54, 1.807) is 19.1 Å². The number of carboxylic acid groups (broad SMARTS) is 1. The second-order valence-corrected chi connectivity index (χ2v) is 6.24. The minimum Gasteiger partial charge on any atom is -0.481 e. The van der Waals surface area contributed by atoms with Crippen LogP contribution in [0, 0.1) is 12.3 Å². The Hall–Kier alpha value is -2.94. The van der Waals surface area contributed by atoms with Gasteiger partial charge in [-0.1, -0.05) is 29.5 Å². The van der Waals surface area contributed by atoms with Crippen LogP contribution < -0.4 is 16.0 Å². The second-order valence-electron chi connectivity index (χ2n) is 5.26. The fraction of sp³-hybridized carbons (Fsp3) is 0.250. The largest absolute Gasteiger partial charge is 0.481 e. The number of nitrogens with two attached hydrogens (primary N) is 1. The fourth-order valence-electron chi connectivity index (χ4n) is 2.22. The molecule has 0 fully saturated rings. The summed E-state index contributed by atoms with van der Waals surface area (Å²) in [7, 11) is 0. The fourth-order valence-corrected chi connectivity index (χ4v) is 3.24. The SMILES string of the molecule is Cc1nc(NC(=N)N)sc1N(C(=O)CCCC(=O)O)c1ccccc1. The van der Waals surface area contributed by atoms with Crippen LogP contribution in [0.15, 0.2) is 30.3 Å². The normalized spacial score (nSPS) is 10.3. The van der Waals surface area contributed by atoms with Crippen molar-refractivity contribution in [3.05, 3.63) is 36.0 Å². The van der Waals surface area contributed by atoms with Gasteiger partial charge in [0, 0.05) is 18.5 Å². The topological polar surface area (TPSA) is 132 Å². The molecule has 0 aliphatic carbocycles. The molecule has 0 spiro atoms. The summed E-state index contributed by atoms with van der Waals surface area (Å²) < 4.78 is 0. The number of guanidine groups is 1. The van der Waals surface area contributed by atoms with Crippen LogP contribution in [0.3, 0.4) is 0 Å². The molecule has 0 aliphatic heterocycles. The van der Waals surface area contributed by atoms with Gasteiger partial charge < -0.3 is 16.2 Å². The lowest BCUT2D eigenvalue weighted by molar-refractivity contribution is -0.137. The molecule has 9 heteroatoms. The van der Waals surface area contributed by atoms with E-state index in [1.807, 2.05) is 18.2 Å². The summed E-state index contributed by atoms with van der Waals surface area (Å²) in [6.07, 6.45) is 0.301. The van der Waals surface area contributed by atoms with E-state index in [0.29, 0.717) is 21.5 Å². The van der Waals surface area contributed by atoms with Crippen molar-refractivity contribution < 1.29 is 14.7 Å². The van der Waals surface area contributed by atoms with Crippen LogP contribution in [0.5, 0.6) is 0 Å². The molecule has 0 bridgehead atoms. The smallest absolute Gasteiger partial charge is 0.303 e. The first kappa shape index (κ1) is 18.4. The number of para-hydroxylation sites is 1. The number of aliphatic carboxylic acids is 1. The molecule has 0 aliphatic rings. The highest BCUT2D eigenvalue weighted by atomic mass is 32.1. The third-order valence-electron chi connectivity index (χ3n) is 3.26. The van der Waals surface area contributed by atoms with Crippen LogP contribution in [-0.2, 0) is 9.59 Å². The highest BCUT2D eigenvalue weighted by Gasteiger charge is 2.23. The standard InChI is InChI=1S/C16H19N5O3S/c1-10-14(25-16(19-10)20-15(17)18)21(11-6-3-2-4-7-11)12(22)8-5-9-13(23)24/h2-4,6-7H,5,8-9H2,1H3,(H,23,24)(H4,17,18,19,20). The van der Waals surface area contributed by atoms with Gasteiger partial charge in [0.15, 0.2) is 11.1 Å². The number of rotatable bonds is 7. The van der Waals surface area contributed by atoms with E-state index in [1.165, 1.54) is 16.2 Å². The predicted molar refractivity (Wildman–Crippen MR) is 97.5 cm³/mol. The molecule has 0 atom stereocenters. The van der Waals surface area contributed by atoms with Crippen molar-refractivity contribution in [2.75, 3.05) is 10.2 Å². The maximum atomic E-state index is 12.7. The Kier molecular flexibility index (Phi) is 6.07. The van der Waals surface area contributed by atoms with Gasteiger partial charge in [-0.2, -0.15) is 0 Å². The summed E-state index contributed by atoms with van der Waals surface area (Å²) in [5.74, 6) is -1.38. The number of nitrogens with one attached hydrogen (secondary N) is 2. The highest BCUT2D eigenvalue weighted by molar-refractivity contribution is 7.20. The van der Waals surface area contributed by atoms with Gasteiger partial charge in [0.25, 0.3) is 0 Å². The minimum atomic E-state index is -0.930. The number of anilines is 3. The highest BCUT2D eigenvalue weighted by Crippen LogP contribution is 2.36. The molecule has 2 aromatic rings. The van der Waals surface area contributed by atoms with Crippen molar-refractivity contribution in [3.63, 3.8) is 0 Å². The Balaban J connectivity index is 2.32. The molecule has 132 valence electrons. The van der Waals surface area contributed by atoms with Gasteiger partial charge >= 0.3 is 5.97 Å². The van der Waals surface area contributed by atoms with Crippen LogP contribution in [0.1, 0.15) is 25.0 Å². The van der Waals surface area contributed by atoms with Crippen LogP contribution >= 0.6 is 11.3 Å². The van der Waals surface area contributed by atoms with E-state index < -0.39 is 5.97 Å². The third kappa shape index (κ3) is 5.01. The van der Waals surface area contributed by atoms with Crippen LogP contribution in [0.2, 0.25) is 0 Å². The maximum absolute atomic E-state index is 12.7. The number of hydrogen-bond acceptors (Lipinski definition) is 5. The molecule has 1 heterocycles. The Morgan fingerprint density at radius 2 is 2.00 bits per heavy atom. The average Bonchev–Trinajstić information content (AvgIpc) is 2.87. The number of benzene rings is 1. The predicted octanol–water partition coefficient (Wildman–Crippen LogP) is 2.68. The van der Waals surface area contributed by atoms with E-state index in [2.05, 4.69) is 10.3 Å². The Morgan fingerprint density at radius 1 is 1.32 bits per heavy atom. The summed E-state index contributed by atoms with van der Waals surface area (Å²) in [5, 5.41) is 19.7. The molecule has 0 saturated heterocycles. The average molecular weight is 361 g/mol. The first-order chi connectivity index (χ1) is 11.9. The number of amides is 1. The molecule has 0 radical (unpaired) electrons. The zero-order valence-electron chi connectivity index (χ0n) is 13.7. The molecule has 2 rings (SSSR count). The lowest BCUT2D eigenvalue weighted by Crippen LogP contribution is -2.25. The quantitative estimate of drug-likeness (QED) is 0.443. The molecule has 0 saturated carbocycles. The molecular formula is C16H19N5O3S. The number of aromatic nitrogens is 1. The summed E-state index contributed by atoms with van der Waals surface area (Å²) in [6, 6.07) is 9.08.